The number of hydrogen-bond acceptors (Lipinski definition) is 5. The highest BCUT2D eigenvalue weighted by molar-refractivity contribution is 5.53. The van der Waals surface area contributed by atoms with E-state index in [0.717, 1.165) is 24.5 Å². The lowest BCUT2D eigenvalue weighted by Crippen LogP contribution is -2.08. The molecule has 3 N–H and O–H groups in total. The Morgan fingerprint density at radius 1 is 1.28 bits per heavy atom. The van der Waals surface area contributed by atoms with Gasteiger partial charge < -0.3 is 15.8 Å². The maximum absolute atomic E-state index is 5.69. The summed E-state index contributed by atoms with van der Waals surface area (Å²) in [4.78, 5) is 8.50. The van der Waals surface area contributed by atoms with Gasteiger partial charge in [0.2, 0.25) is 5.88 Å². The van der Waals surface area contributed by atoms with Gasteiger partial charge in [0, 0.05) is 24.9 Å². The molecule has 0 saturated carbocycles. The van der Waals surface area contributed by atoms with Gasteiger partial charge in [-0.25, -0.2) is 0 Å². The van der Waals surface area contributed by atoms with E-state index >= 15 is 0 Å². The minimum absolute atomic E-state index is 0.442. The number of nitrogens with one attached hydrogen (secondary N) is 1. The summed E-state index contributed by atoms with van der Waals surface area (Å²) in [6.45, 7) is 0.761. The standard InChI is InChI=1S/C13H16N4O/c1-18-13-11(14)5-6-12(17-13)16-9-7-10-4-2-3-8-15-10/h2-6,8H,7,9,14H2,1H3,(H,16,17). The zero-order valence-corrected chi connectivity index (χ0v) is 10.3. The predicted octanol–water partition coefficient (Wildman–Crippen LogP) is 1.72. The van der Waals surface area contributed by atoms with Crippen molar-refractivity contribution in [1.29, 1.82) is 0 Å². The normalized spacial score (nSPS) is 10.1. The van der Waals surface area contributed by atoms with Crippen molar-refractivity contribution in [3.63, 3.8) is 0 Å². The summed E-state index contributed by atoms with van der Waals surface area (Å²) in [5, 5.41) is 3.21. The molecular weight excluding hydrogens is 228 g/mol. The number of pyridine rings is 2. The smallest absolute Gasteiger partial charge is 0.238 e. The van der Waals surface area contributed by atoms with Gasteiger partial charge in [0.25, 0.3) is 0 Å². The Morgan fingerprint density at radius 3 is 2.89 bits per heavy atom. The summed E-state index contributed by atoms with van der Waals surface area (Å²) < 4.78 is 5.06. The lowest BCUT2D eigenvalue weighted by molar-refractivity contribution is 0.401. The van der Waals surface area contributed by atoms with Crippen LogP contribution < -0.4 is 15.8 Å². The molecule has 0 aromatic carbocycles. The average Bonchev–Trinajstić information content (AvgIpc) is 2.42. The summed E-state index contributed by atoms with van der Waals surface area (Å²) in [5.41, 5.74) is 7.28. The van der Waals surface area contributed by atoms with Crippen LogP contribution in [-0.4, -0.2) is 23.6 Å². The van der Waals surface area contributed by atoms with Gasteiger partial charge in [0.1, 0.15) is 5.82 Å². The third kappa shape index (κ3) is 3.10. The van der Waals surface area contributed by atoms with Crippen molar-refractivity contribution in [3.05, 3.63) is 42.2 Å². The lowest BCUT2D eigenvalue weighted by atomic mass is 10.3. The van der Waals surface area contributed by atoms with Crippen molar-refractivity contribution in [3.8, 4) is 5.88 Å². The molecule has 5 heteroatoms. The van der Waals surface area contributed by atoms with Gasteiger partial charge in [0.15, 0.2) is 0 Å². The minimum atomic E-state index is 0.442. The molecule has 0 unspecified atom stereocenters. The summed E-state index contributed by atoms with van der Waals surface area (Å²) in [6, 6.07) is 9.49. The highest BCUT2D eigenvalue weighted by Gasteiger charge is 2.02. The zero-order chi connectivity index (χ0) is 12.8. The Kier molecular flexibility index (Phi) is 3.96. The molecule has 0 spiro atoms. The van der Waals surface area contributed by atoms with Crippen LogP contribution in [0, 0.1) is 0 Å². The molecule has 2 aromatic heterocycles. The van der Waals surface area contributed by atoms with Crippen molar-refractivity contribution in [1.82, 2.24) is 9.97 Å². The summed E-state index contributed by atoms with van der Waals surface area (Å²) >= 11 is 0. The van der Waals surface area contributed by atoms with E-state index in [2.05, 4.69) is 15.3 Å². The van der Waals surface area contributed by atoms with E-state index in [1.54, 1.807) is 19.4 Å². The van der Waals surface area contributed by atoms with Crippen molar-refractivity contribution >= 4 is 11.5 Å². The van der Waals surface area contributed by atoms with Crippen molar-refractivity contribution in [2.24, 2.45) is 0 Å². The largest absolute Gasteiger partial charge is 0.479 e. The second-order valence-corrected chi connectivity index (χ2v) is 3.79. The fourth-order valence-electron chi connectivity index (χ4n) is 1.58. The number of methoxy groups -OCH3 is 1. The van der Waals surface area contributed by atoms with E-state index in [1.807, 2.05) is 24.3 Å². The number of anilines is 2. The zero-order valence-electron chi connectivity index (χ0n) is 10.3. The van der Waals surface area contributed by atoms with E-state index in [4.69, 9.17) is 10.5 Å². The van der Waals surface area contributed by atoms with E-state index in [-0.39, 0.29) is 0 Å². The van der Waals surface area contributed by atoms with E-state index < -0.39 is 0 Å². The quantitative estimate of drug-likeness (QED) is 0.837. The molecular formula is C13H16N4O. The molecule has 0 bridgehead atoms. The SMILES string of the molecule is COc1nc(NCCc2ccccn2)ccc1N. The van der Waals surface area contributed by atoms with Gasteiger partial charge in [0.05, 0.1) is 12.8 Å². The number of nitrogen functional groups attached to an aromatic ring is 1. The first-order valence-electron chi connectivity index (χ1n) is 5.74. The van der Waals surface area contributed by atoms with Gasteiger partial charge in [-0.05, 0) is 24.3 Å². The Hall–Kier alpha value is -2.30. The molecule has 94 valence electrons. The maximum Gasteiger partial charge on any atom is 0.238 e. The number of ether oxygens (including phenoxy) is 1. The van der Waals surface area contributed by atoms with Crippen molar-refractivity contribution < 1.29 is 4.74 Å². The Balaban J connectivity index is 1.91. The Labute approximate surface area is 106 Å². The highest BCUT2D eigenvalue weighted by Crippen LogP contribution is 2.19. The van der Waals surface area contributed by atoms with Gasteiger partial charge in [-0.1, -0.05) is 6.07 Å². The molecule has 0 aliphatic carbocycles. The first kappa shape index (κ1) is 12.2. The van der Waals surface area contributed by atoms with Gasteiger partial charge >= 0.3 is 0 Å². The molecule has 0 aliphatic heterocycles. The molecule has 0 saturated heterocycles. The Bertz CT molecular complexity index is 502. The molecule has 0 fully saturated rings. The first-order valence-corrected chi connectivity index (χ1v) is 5.74. The number of rotatable bonds is 5. The molecule has 0 radical (unpaired) electrons. The van der Waals surface area contributed by atoms with Crippen LogP contribution >= 0.6 is 0 Å². The third-order valence-electron chi connectivity index (χ3n) is 2.50. The monoisotopic (exact) mass is 244 g/mol. The second-order valence-electron chi connectivity index (χ2n) is 3.79. The van der Waals surface area contributed by atoms with Crippen molar-refractivity contribution in [2.45, 2.75) is 6.42 Å². The molecule has 5 nitrogen and oxygen atoms in total. The number of nitrogens with two attached hydrogens (primary N) is 1. The molecule has 2 rings (SSSR count). The molecule has 2 heterocycles. The molecule has 18 heavy (non-hydrogen) atoms. The first-order chi connectivity index (χ1) is 8.79. The summed E-state index contributed by atoms with van der Waals surface area (Å²) in [7, 11) is 1.55. The van der Waals surface area contributed by atoms with E-state index in [0.29, 0.717) is 11.6 Å². The lowest BCUT2D eigenvalue weighted by Gasteiger charge is -2.08. The predicted molar refractivity (Wildman–Crippen MR) is 71.6 cm³/mol. The van der Waals surface area contributed by atoms with Crippen LogP contribution in [0.15, 0.2) is 36.5 Å². The van der Waals surface area contributed by atoms with E-state index in [1.165, 1.54) is 0 Å². The fourth-order valence-corrected chi connectivity index (χ4v) is 1.58. The maximum atomic E-state index is 5.69. The number of nitrogens with zero attached hydrogens (tertiary/aromatic N) is 2. The van der Waals surface area contributed by atoms with Crippen molar-refractivity contribution in [2.75, 3.05) is 24.7 Å². The topological polar surface area (TPSA) is 73.1 Å². The van der Waals surface area contributed by atoms with Crippen LogP contribution in [0.2, 0.25) is 0 Å². The third-order valence-corrected chi connectivity index (χ3v) is 2.50. The number of aromatic nitrogens is 2. The minimum Gasteiger partial charge on any atom is -0.479 e. The molecule has 0 aliphatic rings. The van der Waals surface area contributed by atoms with Gasteiger partial charge in [-0.2, -0.15) is 4.98 Å². The van der Waals surface area contributed by atoms with Crippen LogP contribution in [0.5, 0.6) is 5.88 Å². The second kappa shape index (κ2) is 5.86. The molecule has 0 atom stereocenters. The van der Waals surface area contributed by atoms with Crippen LogP contribution in [0.4, 0.5) is 11.5 Å². The number of hydrogen-bond donors (Lipinski definition) is 2. The van der Waals surface area contributed by atoms with Crippen LogP contribution in [0.25, 0.3) is 0 Å². The van der Waals surface area contributed by atoms with Crippen LogP contribution in [-0.2, 0) is 6.42 Å². The fraction of sp³-hybridized carbons (Fsp3) is 0.231. The van der Waals surface area contributed by atoms with Crippen LogP contribution in [0.3, 0.4) is 0 Å². The van der Waals surface area contributed by atoms with E-state index in [9.17, 15) is 0 Å². The molecule has 2 aromatic rings. The average molecular weight is 244 g/mol. The van der Waals surface area contributed by atoms with Crippen LogP contribution in [0.1, 0.15) is 5.69 Å². The summed E-state index contributed by atoms with van der Waals surface area (Å²) in [6.07, 6.45) is 2.63. The highest BCUT2D eigenvalue weighted by atomic mass is 16.5. The molecule has 0 amide bonds. The summed E-state index contributed by atoms with van der Waals surface area (Å²) in [5.74, 6) is 1.19. The van der Waals surface area contributed by atoms with Gasteiger partial charge in [-0.3, -0.25) is 4.98 Å². The van der Waals surface area contributed by atoms with Gasteiger partial charge in [-0.15, -0.1) is 0 Å². The Morgan fingerprint density at radius 2 is 2.17 bits per heavy atom.